The van der Waals surface area contributed by atoms with E-state index in [0.717, 1.165) is 52.2 Å². The summed E-state index contributed by atoms with van der Waals surface area (Å²) >= 11 is 1.52. The molecule has 1 aliphatic rings. The van der Waals surface area contributed by atoms with Gasteiger partial charge in [0.15, 0.2) is 0 Å². The predicted molar refractivity (Wildman–Crippen MR) is 172 cm³/mol. The van der Waals surface area contributed by atoms with Gasteiger partial charge in [-0.05, 0) is 73.1 Å². The van der Waals surface area contributed by atoms with Gasteiger partial charge in [0.2, 0.25) is 0 Å². The zero-order valence-electron chi connectivity index (χ0n) is 24.2. The van der Waals surface area contributed by atoms with E-state index >= 15 is 0 Å². The molecule has 1 aromatic heterocycles. The van der Waals surface area contributed by atoms with E-state index in [0.29, 0.717) is 29.8 Å². The van der Waals surface area contributed by atoms with Crippen molar-refractivity contribution in [1.29, 1.82) is 5.26 Å². The van der Waals surface area contributed by atoms with Crippen molar-refractivity contribution in [3.63, 3.8) is 0 Å². The lowest BCUT2D eigenvalue weighted by Crippen LogP contribution is -2.34. The summed E-state index contributed by atoms with van der Waals surface area (Å²) in [5.41, 5.74) is 6.23. The second-order valence-electron chi connectivity index (χ2n) is 11.1. The maximum Gasteiger partial charge on any atom is 0.261 e. The Kier molecular flexibility index (Phi) is 8.91. The van der Waals surface area contributed by atoms with Crippen LogP contribution in [0.3, 0.4) is 0 Å². The van der Waals surface area contributed by atoms with Crippen molar-refractivity contribution in [3.8, 4) is 28.6 Å². The smallest absolute Gasteiger partial charge is 0.261 e. The molecule has 9 heteroatoms. The quantitative estimate of drug-likeness (QED) is 0.143. The normalized spacial score (nSPS) is 15.6. The molecule has 3 aromatic carbocycles. The highest BCUT2D eigenvalue weighted by Crippen LogP contribution is 2.53. The van der Waals surface area contributed by atoms with Crippen LogP contribution in [0.25, 0.3) is 16.8 Å². The molecule has 0 fully saturated rings. The van der Waals surface area contributed by atoms with Gasteiger partial charge in [-0.25, -0.2) is 4.98 Å². The summed E-state index contributed by atoms with van der Waals surface area (Å²) in [6.45, 7) is 8.04. The number of hydrogen-bond acceptors (Lipinski definition) is 7. The highest BCUT2D eigenvalue weighted by Gasteiger charge is 2.34. The van der Waals surface area contributed by atoms with Gasteiger partial charge in [-0.3, -0.25) is 9.36 Å². The van der Waals surface area contributed by atoms with Crippen LogP contribution >= 0.6 is 19.3 Å². The molecule has 0 radical (unpaired) electrons. The van der Waals surface area contributed by atoms with E-state index in [1.165, 1.54) is 11.4 Å². The third-order valence-electron chi connectivity index (χ3n) is 7.50. The second kappa shape index (κ2) is 12.6. The average Bonchev–Trinajstić information content (AvgIpc) is 2.98. The first-order valence-corrected chi connectivity index (χ1v) is 16.6. The number of hydrogen-bond donors (Lipinski definition) is 0. The number of ether oxygens (including phenoxy) is 1. The van der Waals surface area contributed by atoms with Gasteiger partial charge in [0.25, 0.3) is 5.56 Å². The molecule has 214 valence electrons. The maximum absolute atomic E-state index is 14.2. The topological polar surface area (TPSA) is 97.3 Å². The zero-order valence-corrected chi connectivity index (χ0v) is 26.0. The molecular weight excluding hydrogens is 563 g/mol. The van der Waals surface area contributed by atoms with Gasteiger partial charge < -0.3 is 4.74 Å². The van der Waals surface area contributed by atoms with E-state index in [1.54, 1.807) is 4.57 Å². The number of nitrogens with zero attached hydrogens (tertiary/aromatic N) is 4. The number of benzene rings is 3. The lowest BCUT2D eigenvalue weighted by molar-refractivity contribution is 0.0836. The van der Waals surface area contributed by atoms with Crippen molar-refractivity contribution in [2.75, 3.05) is 0 Å². The van der Waals surface area contributed by atoms with Crippen molar-refractivity contribution in [2.24, 2.45) is 4.95 Å². The first kappa shape index (κ1) is 29.7. The second-order valence-corrected chi connectivity index (χ2v) is 13.5. The van der Waals surface area contributed by atoms with Crippen molar-refractivity contribution in [3.05, 3.63) is 116 Å². The van der Waals surface area contributed by atoms with Gasteiger partial charge in [-0.15, -0.1) is 16.3 Å². The largest absolute Gasteiger partial charge is 0.487 e. The van der Waals surface area contributed by atoms with Gasteiger partial charge in [0, 0.05) is 29.2 Å². The van der Waals surface area contributed by atoms with Crippen molar-refractivity contribution in [2.45, 2.75) is 64.2 Å². The summed E-state index contributed by atoms with van der Waals surface area (Å²) < 4.78 is 7.94. The minimum absolute atomic E-state index is 0.0345. The molecule has 4 aromatic rings. The molecule has 1 aliphatic heterocycles. The summed E-state index contributed by atoms with van der Waals surface area (Å²) in [4.78, 5) is 33.1. The fourth-order valence-corrected chi connectivity index (χ4v) is 7.70. The third-order valence-corrected chi connectivity index (χ3v) is 9.78. The van der Waals surface area contributed by atoms with Crippen LogP contribution in [0.4, 0.5) is 0 Å². The number of aryl methyl sites for hydroxylation is 2. The van der Waals surface area contributed by atoms with Crippen LogP contribution in [-0.4, -0.2) is 15.2 Å². The molecule has 0 aliphatic carbocycles. The molecule has 5 rings (SSSR count). The number of nitroso groups, excluding NO2 is 1. The Bertz CT molecular complexity index is 1730. The summed E-state index contributed by atoms with van der Waals surface area (Å²) in [6.07, 6.45) is 2.78. The number of aromatic nitrogens is 2. The van der Waals surface area contributed by atoms with Crippen LogP contribution in [0, 0.1) is 23.2 Å². The molecular formula is C33H33N4O3PS. The molecule has 0 saturated heterocycles. The van der Waals surface area contributed by atoms with Crippen LogP contribution in [0.5, 0.6) is 5.75 Å². The van der Waals surface area contributed by atoms with Crippen molar-refractivity contribution < 1.29 is 4.74 Å². The minimum atomic E-state index is -0.366. The predicted octanol–water partition coefficient (Wildman–Crippen LogP) is 8.23. The molecule has 0 N–H and O–H groups in total. The molecule has 2 unspecified atom stereocenters. The van der Waals surface area contributed by atoms with Crippen LogP contribution in [-0.2, 0) is 12.8 Å². The molecule has 0 bridgehead atoms. The van der Waals surface area contributed by atoms with Gasteiger partial charge in [0.05, 0.1) is 23.0 Å². The first-order chi connectivity index (χ1) is 20.2. The van der Waals surface area contributed by atoms with Crippen LogP contribution in [0.1, 0.15) is 72.6 Å². The number of fused-ring (bicyclic) bond motifs is 1. The first-order valence-electron chi connectivity index (χ1n) is 14.0. The molecule has 7 nitrogen and oxygen atoms in total. The van der Waals surface area contributed by atoms with Gasteiger partial charge in [-0.1, -0.05) is 55.8 Å². The van der Waals surface area contributed by atoms with Gasteiger partial charge >= 0.3 is 0 Å². The van der Waals surface area contributed by atoms with E-state index < -0.39 is 0 Å². The molecule has 0 saturated carbocycles. The Labute approximate surface area is 251 Å². The summed E-state index contributed by atoms with van der Waals surface area (Å²) in [7, 11) is -0.105. The zero-order chi connectivity index (χ0) is 29.9. The monoisotopic (exact) mass is 596 g/mol. The molecule has 2 atom stereocenters. The van der Waals surface area contributed by atoms with Crippen molar-refractivity contribution >= 4 is 19.3 Å². The minimum Gasteiger partial charge on any atom is -0.487 e. The van der Waals surface area contributed by atoms with Crippen LogP contribution in [0.15, 0.2) is 76.5 Å². The summed E-state index contributed by atoms with van der Waals surface area (Å²) in [5, 5.41) is 9.54. The van der Waals surface area contributed by atoms with Crippen molar-refractivity contribution in [1.82, 2.24) is 9.55 Å². The molecule has 0 amide bonds. The Hall–Kier alpha value is -3.79. The van der Waals surface area contributed by atoms with E-state index in [9.17, 15) is 15.0 Å². The molecule has 2 heterocycles. The van der Waals surface area contributed by atoms with E-state index in [2.05, 4.69) is 17.9 Å². The Morgan fingerprint density at radius 2 is 1.93 bits per heavy atom. The number of nitriles is 1. The van der Waals surface area contributed by atoms with E-state index in [4.69, 9.17) is 9.72 Å². The summed E-state index contributed by atoms with van der Waals surface area (Å²) in [5.74, 6) is 1.40. The Balaban J connectivity index is 1.54. The molecule has 0 spiro atoms. The fourth-order valence-electron chi connectivity index (χ4n) is 5.59. The average molecular weight is 597 g/mol. The van der Waals surface area contributed by atoms with Gasteiger partial charge in [0.1, 0.15) is 25.1 Å². The SMILES string of the molecule is CCCc1nc(C)n(-c2ccc3c(c2)C(SPN=O)CC(C)(C)O3)c(=O)c1Cc1ccc(-c2ccccc2C#N)cc1. The standard InChI is InChI=1S/C33H33N4O3PS/c1-5-8-29-27(17-22-11-13-23(14-12-22)26-10-7-6-9-24(26)20-34)32(38)37(21(2)35-29)25-15-16-30-28(18-25)31(42-41-36-39)19-33(3,4)40-30/h6-7,9-16,18,31,41H,5,8,17,19H2,1-4H3. The highest BCUT2D eigenvalue weighted by atomic mass is 32.7. The van der Waals surface area contributed by atoms with Gasteiger partial charge in [-0.2, -0.15) is 5.26 Å². The fraction of sp³-hybridized carbons (Fsp3) is 0.303. The van der Waals surface area contributed by atoms with E-state index in [-0.39, 0.29) is 24.3 Å². The van der Waals surface area contributed by atoms with Crippen LogP contribution < -0.4 is 10.3 Å². The lowest BCUT2D eigenvalue weighted by atomic mass is 9.93. The third kappa shape index (κ3) is 6.18. The Morgan fingerprint density at radius 3 is 2.64 bits per heavy atom. The maximum atomic E-state index is 14.2. The summed E-state index contributed by atoms with van der Waals surface area (Å²) in [6, 6.07) is 23.7. The van der Waals surface area contributed by atoms with E-state index in [1.807, 2.05) is 87.5 Å². The highest BCUT2D eigenvalue weighted by molar-refractivity contribution is 8.49. The van der Waals surface area contributed by atoms with Crippen LogP contribution in [0.2, 0.25) is 0 Å². The Morgan fingerprint density at radius 1 is 1.17 bits per heavy atom. The molecule has 42 heavy (non-hydrogen) atoms. The lowest BCUT2D eigenvalue weighted by Gasteiger charge is -2.37. The number of rotatable bonds is 9.